The van der Waals surface area contributed by atoms with Crippen LogP contribution in [0.3, 0.4) is 0 Å². The summed E-state index contributed by atoms with van der Waals surface area (Å²) in [4.78, 5) is 2.76. The van der Waals surface area contributed by atoms with Gasteiger partial charge in [-0.2, -0.15) is 0 Å². The molecule has 0 unspecified atom stereocenters. The molecule has 17 heavy (non-hydrogen) atoms. The SMILES string of the molecule is CC(C)CCN(CC1(CN)CCCC1)C1CC1. The first kappa shape index (κ1) is 13.4. The van der Waals surface area contributed by atoms with Gasteiger partial charge in [0.15, 0.2) is 0 Å². The monoisotopic (exact) mass is 238 g/mol. The third-order valence-electron chi connectivity index (χ3n) is 4.69. The van der Waals surface area contributed by atoms with Gasteiger partial charge in [-0.15, -0.1) is 0 Å². The van der Waals surface area contributed by atoms with E-state index in [1.54, 1.807) is 0 Å². The molecule has 100 valence electrons. The van der Waals surface area contributed by atoms with Gasteiger partial charge in [-0.1, -0.05) is 26.7 Å². The molecule has 0 aliphatic heterocycles. The standard InChI is InChI=1S/C15H30N2/c1-13(2)7-10-17(14-5-6-14)12-15(11-16)8-3-4-9-15/h13-14H,3-12,16H2,1-2H3. The van der Waals surface area contributed by atoms with Crippen molar-refractivity contribution >= 4 is 0 Å². The van der Waals surface area contributed by atoms with Gasteiger partial charge in [0.1, 0.15) is 0 Å². The van der Waals surface area contributed by atoms with Crippen molar-refractivity contribution in [3.8, 4) is 0 Å². The van der Waals surface area contributed by atoms with Crippen molar-refractivity contribution in [1.29, 1.82) is 0 Å². The summed E-state index contributed by atoms with van der Waals surface area (Å²) in [5.41, 5.74) is 6.54. The average Bonchev–Trinajstić information content (AvgIpc) is 3.05. The van der Waals surface area contributed by atoms with Crippen LogP contribution in [-0.2, 0) is 0 Å². The second kappa shape index (κ2) is 5.71. The van der Waals surface area contributed by atoms with Crippen LogP contribution < -0.4 is 5.73 Å². The molecule has 0 bridgehead atoms. The van der Waals surface area contributed by atoms with Crippen molar-refractivity contribution in [2.45, 2.75) is 64.8 Å². The molecular weight excluding hydrogens is 208 g/mol. The van der Waals surface area contributed by atoms with E-state index in [0.717, 1.165) is 18.5 Å². The third kappa shape index (κ3) is 3.69. The zero-order valence-electron chi connectivity index (χ0n) is 11.8. The molecule has 2 rings (SSSR count). The first-order valence-corrected chi connectivity index (χ1v) is 7.59. The summed E-state index contributed by atoms with van der Waals surface area (Å²) in [5, 5.41) is 0. The molecule has 0 heterocycles. The minimum atomic E-state index is 0.472. The zero-order chi connectivity index (χ0) is 12.3. The summed E-state index contributed by atoms with van der Waals surface area (Å²) in [6.45, 7) is 8.14. The molecule has 0 aromatic carbocycles. The van der Waals surface area contributed by atoms with Crippen molar-refractivity contribution in [1.82, 2.24) is 4.90 Å². The Bertz CT molecular complexity index is 227. The van der Waals surface area contributed by atoms with Crippen LogP contribution in [0, 0.1) is 11.3 Å². The van der Waals surface area contributed by atoms with Gasteiger partial charge in [0.2, 0.25) is 0 Å². The largest absolute Gasteiger partial charge is 0.330 e. The van der Waals surface area contributed by atoms with Gasteiger partial charge in [-0.05, 0) is 56.5 Å². The fourth-order valence-corrected chi connectivity index (χ4v) is 3.24. The van der Waals surface area contributed by atoms with Gasteiger partial charge in [-0.25, -0.2) is 0 Å². The van der Waals surface area contributed by atoms with Crippen molar-refractivity contribution in [2.24, 2.45) is 17.1 Å². The Morgan fingerprint density at radius 1 is 1.24 bits per heavy atom. The molecule has 2 saturated carbocycles. The van der Waals surface area contributed by atoms with Gasteiger partial charge in [0.25, 0.3) is 0 Å². The molecule has 2 aliphatic rings. The Balaban J connectivity index is 1.87. The van der Waals surface area contributed by atoms with Crippen LogP contribution in [-0.4, -0.2) is 30.6 Å². The van der Waals surface area contributed by atoms with Crippen molar-refractivity contribution in [3.63, 3.8) is 0 Å². The maximum atomic E-state index is 6.07. The van der Waals surface area contributed by atoms with E-state index in [1.165, 1.54) is 58.0 Å². The number of hydrogen-bond donors (Lipinski definition) is 1. The molecule has 2 nitrogen and oxygen atoms in total. The molecular formula is C15H30N2. The molecule has 2 aliphatic carbocycles. The minimum absolute atomic E-state index is 0.472. The van der Waals surface area contributed by atoms with E-state index in [1.807, 2.05) is 0 Å². The summed E-state index contributed by atoms with van der Waals surface area (Å²) in [5.74, 6) is 0.827. The lowest BCUT2D eigenvalue weighted by atomic mass is 9.85. The van der Waals surface area contributed by atoms with E-state index in [-0.39, 0.29) is 0 Å². The average molecular weight is 238 g/mol. The Labute approximate surface area is 107 Å². The van der Waals surface area contributed by atoms with Gasteiger partial charge < -0.3 is 5.73 Å². The molecule has 0 amide bonds. The highest BCUT2D eigenvalue weighted by Crippen LogP contribution is 2.40. The predicted octanol–water partition coefficient (Wildman–Crippen LogP) is 3.02. The first-order valence-electron chi connectivity index (χ1n) is 7.59. The summed E-state index contributed by atoms with van der Waals surface area (Å²) in [6.07, 6.45) is 9.75. The lowest BCUT2D eigenvalue weighted by molar-refractivity contribution is 0.144. The van der Waals surface area contributed by atoms with Gasteiger partial charge >= 0.3 is 0 Å². The quantitative estimate of drug-likeness (QED) is 0.739. The molecule has 0 aromatic rings. The highest BCUT2D eigenvalue weighted by molar-refractivity contribution is 4.93. The minimum Gasteiger partial charge on any atom is -0.330 e. The Kier molecular flexibility index (Phi) is 4.48. The van der Waals surface area contributed by atoms with Gasteiger partial charge in [0, 0.05) is 12.6 Å². The molecule has 0 spiro atoms. The zero-order valence-corrected chi connectivity index (χ0v) is 11.8. The molecule has 2 N–H and O–H groups in total. The summed E-state index contributed by atoms with van der Waals surface area (Å²) < 4.78 is 0. The smallest absolute Gasteiger partial charge is 0.00966 e. The van der Waals surface area contributed by atoms with Crippen LogP contribution in [0.15, 0.2) is 0 Å². The highest BCUT2D eigenvalue weighted by atomic mass is 15.2. The summed E-state index contributed by atoms with van der Waals surface area (Å²) >= 11 is 0. The third-order valence-corrected chi connectivity index (χ3v) is 4.69. The van der Waals surface area contributed by atoms with E-state index < -0.39 is 0 Å². The highest BCUT2D eigenvalue weighted by Gasteiger charge is 2.38. The first-order chi connectivity index (χ1) is 8.15. The maximum Gasteiger partial charge on any atom is 0.00966 e. The topological polar surface area (TPSA) is 29.3 Å². The van der Waals surface area contributed by atoms with Gasteiger partial charge in [-0.3, -0.25) is 4.90 Å². The lowest BCUT2D eigenvalue weighted by Crippen LogP contribution is -2.42. The predicted molar refractivity (Wildman–Crippen MR) is 74.0 cm³/mol. The molecule has 0 radical (unpaired) electrons. The van der Waals surface area contributed by atoms with Crippen LogP contribution in [0.25, 0.3) is 0 Å². The Morgan fingerprint density at radius 3 is 2.35 bits per heavy atom. The van der Waals surface area contributed by atoms with Crippen molar-refractivity contribution in [3.05, 3.63) is 0 Å². The fourth-order valence-electron chi connectivity index (χ4n) is 3.24. The fraction of sp³-hybridized carbons (Fsp3) is 1.00. The van der Waals surface area contributed by atoms with E-state index >= 15 is 0 Å². The second-order valence-corrected chi connectivity index (χ2v) is 6.80. The van der Waals surface area contributed by atoms with Crippen LogP contribution in [0.5, 0.6) is 0 Å². The van der Waals surface area contributed by atoms with E-state index in [0.29, 0.717) is 5.41 Å². The van der Waals surface area contributed by atoms with Gasteiger partial charge in [0.05, 0.1) is 0 Å². The molecule has 2 fully saturated rings. The maximum absolute atomic E-state index is 6.07. The van der Waals surface area contributed by atoms with Crippen LogP contribution in [0.2, 0.25) is 0 Å². The number of hydrogen-bond acceptors (Lipinski definition) is 2. The van der Waals surface area contributed by atoms with E-state index in [4.69, 9.17) is 5.73 Å². The number of rotatable bonds is 7. The number of nitrogens with zero attached hydrogens (tertiary/aromatic N) is 1. The van der Waals surface area contributed by atoms with E-state index in [2.05, 4.69) is 18.7 Å². The van der Waals surface area contributed by atoms with Crippen molar-refractivity contribution in [2.75, 3.05) is 19.6 Å². The van der Waals surface area contributed by atoms with Crippen LogP contribution >= 0.6 is 0 Å². The lowest BCUT2D eigenvalue weighted by Gasteiger charge is -2.35. The molecule has 0 atom stereocenters. The van der Waals surface area contributed by atoms with Crippen LogP contribution in [0.1, 0.15) is 58.8 Å². The Morgan fingerprint density at radius 2 is 1.88 bits per heavy atom. The summed E-state index contributed by atoms with van der Waals surface area (Å²) in [6, 6.07) is 0.901. The van der Waals surface area contributed by atoms with Crippen LogP contribution in [0.4, 0.5) is 0 Å². The van der Waals surface area contributed by atoms with Crippen molar-refractivity contribution < 1.29 is 0 Å². The number of nitrogens with two attached hydrogens (primary N) is 1. The molecule has 0 saturated heterocycles. The second-order valence-electron chi connectivity index (χ2n) is 6.80. The summed E-state index contributed by atoms with van der Waals surface area (Å²) in [7, 11) is 0. The normalized spacial score (nSPS) is 23.8. The van der Waals surface area contributed by atoms with E-state index in [9.17, 15) is 0 Å². The Hall–Kier alpha value is -0.0800. The molecule has 0 aromatic heterocycles. The molecule has 2 heteroatoms.